The molecule has 2 aromatic carbocycles. The fraction of sp³-hybridized carbons (Fsp3) is 0.0714. The number of nitro benzene ring substituents is 1. The second-order valence-corrected chi connectivity index (χ2v) is 4.54. The summed E-state index contributed by atoms with van der Waals surface area (Å²) in [5.41, 5.74) is 0.652. The van der Waals surface area contributed by atoms with Gasteiger partial charge in [0.1, 0.15) is 5.75 Å². The molecule has 0 aliphatic carbocycles. The van der Waals surface area contributed by atoms with Gasteiger partial charge in [-0.1, -0.05) is 11.6 Å². The lowest BCUT2D eigenvalue weighted by Crippen LogP contribution is -2.12. The molecule has 21 heavy (non-hydrogen) atoms. The highest BCUT2D eigenvalue weighted by Crippen LogP contribution is 2.29. The van der Waals surface area contributed by atoms with Gasteiger partial charge in [0.15, 0.2) is 0 Å². The Kier molecular flexibility index (Phi) is 4.39. The minimum atomic E-state index is -0.534. The number of halogens is 1. The van der Waals surface area contributed by atoms with Crippen molar-refractivity contribution in [3.63, 3.8) is 0 Å². The lowest BCUT2D eigenvalue weighted by Gasteiger charge is -2.10. The smallest absolute Gasteiger partial charge is 0.273 e. The van der Waals surface area contributed by atoms with E-state index in [-0.39, 0.29) is 17.3 Å². The fourth-order valence-electron chi connectivity index (χ4n) is 1.69. The van der Waals surface area contributed by atoms with Crippen LogP contribution in [0.25, 0.3) is 0 Å². The van der Waals surface area contributed by atoms with Crippen molar-refractivity contribution in [3.8, 4) is 5.75 Å². The van der Waals surface area contributed by atoms with Crippen molar-refractivity contribution in [3.05, 3.63) is 63.2 Å². The predicted molar refractivity (Wildman–Crippen MR) is 79.1 cm³/mol. The zero-order chi connectivity index (χ0) is 15.4. The molecule has 0 unspecified atom stereocenters. The zero-order valence-corrected chi connectivity index (χ0v) is 11.8. The number of rotatable bonds is 4. The maximum atomic E-state index is 12.1. The van der Waals surface area contributed by atoms with Crippen molar-refractivity contribution in [1.82, 2.24) is 0 Å². The largest absolute Gasteiger partial charge is 0.494 e. The lowest BCUT2D eigenvalue weighted by atomic mass is 10.2. The molecule has 0 saturated heterocycles. The Morgan fingerprint density at radius 1 is 1.24 bits per heavy atom. The molecule has 108 valence electrons. The van der Waals surface area contributed by atoms with Crippen LogP contribution in [-0.4, -0.2) is 17.9 Å². The maximum Gasteiger partial charge on any atom is 0.273 e. The van der Waals surface area contributed by atoms with Gasteiger partial charge in [-0.3, -0.25) is 14.9 Å². The van der Waals surface area contributed by atoms with Gasteiger partial charge in [-0.15, -0.1) is 0 Å². The van der Waals surface area contributed by atoms with Gasteiger partial charge in [-0.2, -0.15) is 0 Å². The number of nitrogens with one attached hydrogen (secondary N) is 1. The van der Waals surface area contributed by atoms with E-state index in [2.05, 4.69) is 5.32 Å². The van der Waals surface area contributed by atoms with E-state index in [4.69, 9.17) is 16.3 Å². The summed E-state index contributed by atoms with van der Waals surface area (Å²) in [7, 11) is 1.37. The van der Waals surface area contributed by atoms with Crippen LogP contribution >= 0.6 is 11.6 Å². The summed E-state index contributed by atoms with van der Waals surface area (Å²) in [5.74, 6) is -0.148. The van der Waals surface area contributed by atoms with E-state index in [1.54, 1.807) is 24.3 Å². The van der Waals surface area contributed by atoms with E-state index in [1.807, 2.05) is 0 Å². The summed E-state index contributed by atoms with van der Waals surface area (Å²) in [6.07, 6.45) is 0. The number of hydrogen-bond donors (Lipinski definition) is 1. The highest BCUT2D eigenvalue weighted by Gasteiger charge is 2.14. The Morgan fingerprint density at radius 3 is 2.48 bits per heavy atom. The summed E-state index contributed by atoms with van der Waals surface area (Å²) in [6, 6.07) is 10.3. The Morgan fingerprint density at radius 2 is 1.90 bits per heavy atom. The van der Waals surface area contributed by atoms with Crippen molar-refractivity contribution in [2.24, 2.45) is 0 Å². The molecule has 0 saturated carbocycles. The first kappa shape index (κ1) is 14.8. The molecule has 0 atom stereocenters. The number of carbonyl (C=O) groups excluding carboxylic acids is 1. The minimum Gasteiger partial charge on any atom is -0.494 e. The average Bonchev–Trinajstić information content (AvgIpc) is 2.48. The van der Waals surface area contributed by atoms with Gasteiger partial charge in [0.25, 0.3) is 11.6 Å². The molecule has 1 amide bonds. The van der Waals surface area contributed by atoms with Crippen LogP contribution < -0.4 is 10.1 Å². The predicted octanol–water partition coefficient (Wildman–Crippen LogP) is 3.51. The average molecular weight is 307 g/mol. The molecule has 7 heteroatoms. The number of anilines is 1. The Bertz CT molecular complexity index is 686. The van der Waals surface area contributed by atoms with Crippen molar-refractivity contribution < 1.29 is 14.5 Å². The first-order chi connectivity index (χ1) is 10.0. The summed E-state index contributed by atoms with van der Waals surface area (Å²) in [6.45, 7) is 0. The second kappa shape index (κ2) is 6.23. The van der Waals surface area contributed by atoms with E-state index in [9.17, 15) is 14.9 Å². The standard InChI is InChI=1S/C14H11ClN2O4/c1-21-13-8-11(17(19)20)6-7-12(13)16-14(18)9-2-4-10(15)5-3-9/h2-8H,1H3,(H,16,18). The van der Waals surface area contributed by atoms with Gasteiger partial charge in [-0.05, 0) is 30.3 Å². The van der Waals surface area contributed by atoms with Crippen LogP contribution in [0.3, 0.4) is 0 Å². The van der Waals surface area contributed by atoms with Gasteiger partial charge in [0.2, 0.25) is 0 Å². The van der Waals surface area contributed by atoms with Crippen LogP contribution in [0.5, 0.6) is 5.75 Å². The normalized spacial score (nSPS) is 10.0. The molecule has 0 aliphatic rings. The van der Waals surface area contributed by atoms with Gasteiger partial charge < -0.3 is 10.1 Å². The molecule has 0 aromatic heterocycles. The molecular weight excluding hydrogens is 296 g/mol. The minimum absolute atomic E-state index is 0.114. The van der Waals surface area contributed by atoms with E-state index >= 15 is 0 Å². The Labute approximate surface area is 125 Å². The SMILES string of the molecule is COc1cc([N+](=O)[O-])ccc1NC(=O)c1ccc(Cl)cc1. The Hall–Kier alpha value is -2.60. The number of nitrogens with zero attached hydrogens (tertiary/aromatic N) is 1. The number of nitro groups is 1. The first-order valence-corrected chi connectivity index (χ1v) is 6.28. The van der Waals surface area contributed by atoms with Crippen molar-refractivity contribution in [2.45, 2.75) is 0 Å². The summed E-state index contributed by atoms with van der Waals surface area (Å²) in [5, 5.41) is 13.9. The fourth-order valence-corrected chi connectivity index (χ4v) is 1.82. The monoisotopic (exact) mass is 306 g/mol. The highest BCUT2D eigenvalue weighted by molar-refractivity contribution is 6.30. The van der Waals surface area contributed by atoms with Crippen LogP contribution in [-0.2, 0) is 0 Å². The number of methoxy groups -OCH3 is 1. The van der Waals surface area contributed by atoms with Crippen molar-refractivity contribution in [2.75, 3.05) is 12.4 Å². The second-order valence-electron chi connectivity index (χ2n) is 4.10. The van der Waals surface area contributed by atoms with Crippen LogP contribution in [0.15, 0.2) is 42.5 Å². The molecular formula is C14H11ClN2O4. The number of hydrogen-bond acceptors (Lipinski definition) is 4. The van der Waals surface area contributed by atoms with Gasteiger partial charge in [0, 0.05) is 16.7 Å². The lowest BCUT2D eigenvalue weighted by molar-refractivity contribution is -0.384. The molecule has 2 aromatic rings. The molecule has 0 heterocycles. The summed E-state index contributed by atoms with van der Waals surface area (Å²) in [4.78, 5) is 22.2. The Balaban J connectivity index is 2.24. The third-order valence-electron chi connectivity index (χ3n) is 2.75. The maximum absolute atomic E-state index is 12.1. The van der Waals surface area contributed by atoms with E-state index in [0.29, 0.717) is 16.3 Å². The quantitative estimate of drug-likeness (QED) is 0.692. The molecule has 6 nitrogen and oxygen atoms in total. The topological polar surface area (TPSA) is 81.5 Å². The number of ether oxygens (including phenoxy) is 1. The number of benzene rings is 2. The number of amides is 1. The molecule has 0 aliphatic heterocycles. The van der Waals surface area contributed by atoms with Gasteiger partial charge in [-0.25, -0.2) is 0 Å². The van der Waals surface area contributed by atoms with Crippen LogP contribution in [0.2, 0.25) is 5.02 Å². The molecule has 1 N–H and O–H groups in total. The van der Waals surface area contributed by atoms with Crippen LogP contribution in [0.4, 0.5) is 11.4 Å². The van der Waals surface area contributed by atoms with Crippen molar-refractivity contribution in [1.29, 1.82) is 0 Å². The molecule has 0 spiro atoms. The summed E-state index contributed by atoms with van der Waals surface area (Å²) < 4.78 is 5.05. The molecule has 2 rings (SSSR count). The highest BCUT2D eigenvalue weighted by atomic mass is 35.5. The summed E-state index contributed by atoms with van der Waals surface area (Å²) >= 11 is 5.76. The third-order valence-corrected chi connectivity index (χ3v) is 3.00. The van der Waals surface area contributed by atoms with Crippen LogP contribution in [0.1, 0.15) is 10.4 Å². The van der Waals surface area contributed by atoms with E-state index < -0.39 is 4.92 Å². The molecule has 0 radical (unpaired) electrons. The van der Waals surface area contributed by atoms with Gasteiger partial charge >= 0.3 is 0 Å². The van der Waals surface area contributed by atoms with Crippen LogP contribution in [0, 0.1) is 10.1 Å². The van der Waals surface area contributed by atoms with Crippen molar-refractivity contribution >= 4 is 28.9 Å². The molecule has 0 fully saturated rings. The van der Waals surface area contributed by atoms with E-state index in [1.165, 1.54) is 25.3 Å². The number of non-ortho nitro benzene ring substituents is 1. The zero-order valence-electron chi connectivity index (χ0n) is 11.0. The molecule has 0 bridgehead atoms. The van der Waals surface area contributed by atoms with Gasteiger partial charge in [0.05, 0.1) is 23.8 Å². The first-order valence-electron chi connectivity index (χ1n) is 5.90. The number of carbonyl (C=O) groups is 1. The third kappa shape index (κ3) is 3.49. The van der Waals surface area contributed by atoms with E-state index in [0.717, 1.165) is 0 Å².